The third kappa shape index (κ3) is 2.95. The summed E-state index contributed by atoms with van der Waals surface area (Å²) in [5, 5.41) is 31.4. The monoisotopic (exact) mass is 302 g/mol. The Hall–Kier alpha value is -1.83. The van der Waals surface area contributed by atoms with Crippen LogP contribution in [-0.2, 0) is 0 Å². The number of nitro groups is 1. The molecule has 0 aliphatic rings. The quantitative estimate of drug-likeness (QED) is 0.458. The molecule has 6 nitrogen and oxygen atoms in total. The highest BCUT2D eigenvalue weighted by molar-refractivity contribution is 7.10. The molecule has 0 aliphatic carbocycles. The second-order valence-corrected chi connectivity index (χ2v) is 4.64. The number of nitrogens with two attached hydrogens (primary N) is 1. The molecule has 1 atom stereocenters. The fourth-order valence-corrected chi connectivity index (χ4v) is 2.33. The minimum absolute atomic E-state index is 0. The molecule has 0 radical (unpaired) electrons. The van der Waals surface area contributed by atoms with Crippen LogP contribution in [0.2, 0.25) is 0 Å². The third-order valence-corrected chi connectivity index (χ3v) is 3.45. The Morgan fingerprint density at radius 2 is 2.05 bits per heavy atom. The van der Waals surface area contributed by atoms with Gasteiger partial charge >= 0.3 is 5.69 Å². The van der Waals surface area contributed by atoms with Crippen molar-refractivity contribution in [2.24, 2.45) is 5.73 Å². The second-order valence-electron chi connectivity index (χ2n) is 3.66. The Bertz CT molecular complexity index is 589. The largest absolute Gasteiger partial charge is 0.504 e. The number of phenols is 2. The Labute approximate surface area is 118 Å². The van der Waals surface area contributed by atoms with Gasteiger partial charge in [-0.05, 0) is 23.1 Å². The molecule has 1 aromatic carbocycles. The predicted octanol–water partition coefficient (Wildman–Crippen LogP) is 2.54. The van der Waals surface area contributed by atoms with Crippen LogP contribution in [0, 0.1) is 10.1 Å². The van der Waals surface area contributed by atoms with Crippen LogP contribution >= 0.6 is 23.7 Å². The lowest BCUT2D eigenvalue weighted by molar-refractivity contribution is -0.386. The second kappa shape index (κ2) is 5.87. The van der Waals surface area contributed by atoms with Gasteiger partial charge in [0.05, 0.1) is 11.0 Å². The highest BCUT2D eigenvalue weighted by Crippen LogP contribution is 2.38. The molecule has 8 heteroatoms. The average molecular weight is 303 g/mol. The molecule has 1 heterocycles. The van der Waals surface area contributed by atoms with E-state index in [1.54, 1.807) is 6.07 Å². The van der Waals surface area contributed by atoms with Crippen molar-refractivity contribution in [1.29, 1.82) is 0 Å². The lowest BCUT2D eigenvalue weighted by atomic mass is 10.0. The molecule has 19 heavy (non-hydrogen) atoms. The number of rotatable bonds is 3. The highest BCUT2D eigenvalue weighted by Gasteiger charge is 2.22. The smallest absolute Gasteiger partial charge is 0.314 e. The van der Waals surface area contributed by atoms with Gasteiger partial charge < -0.3 is 15.9 Å². The molecule has 4 N–H and O–H groups in total. The number of thiophene rings is 1. The van der Waals surface area contributed by atoms with Crippen LogP contribution in [0.4, 0.5) is 5.69 Å². The Morgan fingerprint density at radius 3 is 2.58 bits per heavy atom. The lowest BCUT2D eigenvalue weighted by Gasteiger charge is -2.11. The van der Waals surface area contributed by atoms with Crippen molar-refractivity contribution in [2.45, 2.75) is 6.04 Å². The summed E-state index contributed by atoms with van der Waals surface area (Å²) in [6.45, 7) is 0. The van der Waals surface area contributed by atoms with Crippen molar-refractivity contribution in [2.75, 3.05) is 0 Å². The summed E-state index contributed by atoms with van der Waals surface area (Å²) in [5.41, 5.74) is 5.76. The fraction of sp³-hybridized carbons (Fsp3) is 0.0909. The topological polar surface area (TPSA) is 110 Å². The van der Waals surface area contributed by atoms with Gasteiger partial charge in [0.1, 0.15) is 0 Å². The molecule has 0 bridgehead atoms. The van der Waals surface area contributed by atoms with Crippen LogP contribution in [0.1, 0.15) is 16.5 Å². The molecule has 102 valence electrons. The Kier molecular flexibility index (Phi) is 4.71. The number of phenolic OH excluding ortho intramolecular Hbond substituents is 2. The molecule has 2 aromatic rings. The van der Waals surface area contributed by atoms with Crippen LogP contribution in [0.25, 0.3) is 0 Å². The SMILES string of the molecule is Cl.N[C@H](c1cc(O)c(O)c([N+](=O)[O-])c1)c1cccs1. The average Bonchev–Trinajstić information content (AvgIpc) is 2.84. The van der Waals surface area contributed by atoms with Crippen molar-refractivity contribution < 1.29 is 15.1 Å². The van der Waals surface area contributed by atoms with Gasteiger partial charge in [-0.2, -0.15) is 0 Å². The lowest BCUT2D eigenvalue weighted by Crippen LogP contribution is -2.10. The molecule has 1 aromatic heterocycles. The summed E-state index contributed by atoms with van der Waals surface area (Å²) in [6.07, 6.45) is 0. The number of nitrogens with zero attached hydrogens (tertiary/aromatic N) is 1. The van der Waals surface area contributed by atoms with Gasteiger partial charge in [-0.25, -0.2) is 0 Å². The summed E-state index contributed by atoms with van der Waals surface area (Å²) < 4.78 is 0. The molecular weight excluding hydrogens is 292 g/mol. The van der Waals surface area contributed by atoms with Crippen molar-refractivity contribution in [3.05, 3.63) is 50.2 Å². The van der Waals surface area contributed by atoms with E-state index in [1.807, 2.05) is 11.4 Å². The van der Waals surface area contributed by atoms with E-state index >= 15 is 0 Å². The van der Waals surface area contributed by atoms with E-state index in [-0.39, 0.29) is 12.4 Å². The maximum Gasteiger partial charge on any atom is 0.314 e. The van der Waals surface area contributed by atoms with Crippen LogP contribution in [0.3, 0.4) is 0 Å². The highest BCUT2D eigenvalue weighted by atomic mass is 35.5. The van der Waals surface area contributed by atoms with Gasteiger partial charge in [0, 0.05) is 10.9 Å². The molecule has 0 saturated carbocycles. The Balaban J connectivity index is 0.00000180. The number of hydrogen-bond donors (Lipinski definition) is 3. The Morgan fingerprint density at radius 1 is 1.37 bits per heavy atom. The molecule has 0 aliphatic heterocycles. The standard InChI is InChI=1S/C11H10N2O4S.ClH/c12-10(9-2-1-3-18-9)6-4-7(13(16)17)11(15)8(14)5-6;/h1-5,10,14-15H,12H2;1H/t10-;/m1./s1. The number of hydrogen-bond acceptors (Lipinski definition) is 6. The number of nitro benzene ring substituents is 1. The summed E-state index contributed by atoms with van der Waals surface area (Å²) in [4.78, 5) is 10.8. The van der Waals surface area contributed by atoms with Crippen LogP contribution in [-0.4, -0.2) is 15.1 Å². The molecule has 0 amide bonds. The first-order valence-electron chi connectivity index (χ1n) is 5.00. The van der Waals surface area contributed by atoms with Gasteiger partial charge in [0.15, 0.2) is 5.75 Å². The maximum atomic E-state index is 10.7. The van der Waals surface area contributed by atoms with Gasteiger partial charge in [0.2, 0.25) is 5.75 Å². The van der Waals surface area contributed by atoms with E-state index in [0.29, 0.717) is 5.56 Å². The summed E-state index contributed by atoms with van der Waals surface area (Å²) >= 11 is 1.41. The third-order valence-electron chi connectivity index (χ3n) is 2.50. The molecule has 0 saturated heterocycles. The number of halogens is 1. The first-order valence-corrected chi connectivity index (χ1v) is 5.88. The van der Waals surface area contributed by atoms with E-state index < -0.39 is 28.2 Å². The van der Waals surface area contributed by atoms with Crippen molar-refractivity contribution in [3.63, 3.8) is 0 Å². The fourth-order valence-electron chi connectivity index (χ4n) is 1.58. The van der Waals surface area contributed by atoms with E-state index in [2.05, 4.69) is 0 Å². The molecule has 2 rings (SSSR count). The maximum absolute atomic E-state index is 10.7. The zero-order valence-corrected chi connectivity index (χ0v) is 11.1. The van der Waals surface area contributed by atoms with Crippen molar-refractivity contribution >= 4 is 29.4 Å². The minimum Gasteiger partial charge on any atom is -0.504 e. The number of aromatic hydroxyl groups is 2. The first kappa shape index (κ1) is 15.2. The van der Waals surface area contributed by atoms with Crippen molar-refractivity contribution in [1.82, 2.24) is 0 Å². The van der Waals surface area contributed by atoms with Crippen molar-refractivity contribution in [3.8, 4) is 11.5 Å². The molecular formula is C11H11ClN2O4S. The predicted molar refractivity (Wildman–Crippen MR) is 74.0 cm³/mol. The zero-order chi connectivity index (χ0) is 13.3. The van der Waals surface area contributed by atoms with Gasteiger partial charge in [-0.3, -0.25) is 10.1 Å². The summed E-state index contributed by atoms with van der Waals surface area (Å²) in [6, 6.07) is 5.43. The van der Waals surface area contributed by atoms with E-state index in [9.17, 15) is 20.3 Å². The van der Waals surface area contributed by atoms with Gasteiger partial charge in [0.25, 0.3) is 0 Å². The first-order chi connectivity index (χ1) is 8.50. The minimum atomic E-state index is -0.764. The molecule has 0 unspecified atom stereocenters. The van der Waals surface area contributed by atoms with Gasteiger partial charge in [-0.15, -0.1) is 23.7 Å². The normalized spacial score (nSPS) is 11.6. The van der Waals surface area contributed by atoms with E-state index in [0.717, 1.165) is 4.88 Å². The van der Waals surface area contributed by atoms with E-state index in [4.69, 9.17) is 5.73 Å². The van der Waals surface area contributed by atoms with Crippen LogP contribution in [0.5, 0.6) is 11.5 Å². The number of benzene rings is 1. The molecule has 0 spiro atoms. The summed E-state index contributed by atoms with van der Waals surface area (Å²) in [7, 11) is 0. The van der Waals surface area contributed by atoms with Crippen LogP contribution in [0.15, 0.2) is 29.6 Å². The molecule has 0 fully saturated rings. The summed E-state index contributed by atoms with van der Waals surface area (Å²) in [5.74, 6) is -1.30. The van der Waals surface area contributed by atoms with Crippen LogP contribution < -0.4 is 5.73 Å². The van der Waals surface area contributed by atoms with Gasteiger partial charge in [-0.1, -0.05) is 6.07 Å². The van der Waals surface area contributed by atoms with E-state index in [1.165, 1.54) is 23.5 Å². The zero-order valence-electron chi connectivity index (χ0n) is 9.52.